The van der Waals surface area contributed by atoms with Crippen LogP contribution in [0.5, 0.6) is 0 Å². The van der Waals surface area contributed by atoms with Crippen LogP contribution in [0.15, 0.2) is 52.0 Å². The van der Waals surface area contributed by atoms with Crippen LogP contribution in [0.4, 0.5) is 0 Å². The van der Waals surface area contributed by atoms with Crippen LogP contribution >= 0.6 is 0 Å². The molecule has 1 heterocycles. The molecule has 0 aliphatic heterocycles. The first-order chi connectivity index (χ1) is 12.3. The van der Waals surface area contributed by atoms with E-state index in [-0.39, 0.29) is 22.9 Å². The number of likely N-dealkylation sites (N-methyl/N-ethyl adjacent to an activating group) is 1. The highest BCUT2D eigenvalue weighted by Gasteiger charge is 2.18. The average molecular weight is 379 g/mol. The zero-order chi connectivity index (χ0) is 19.2. The van der Waals surface area contributed by atoms with E-state index in [1.807, 2.05) is 0 Å². The second-order valence-corrected chi connectivity index (χ2v) is 7.28. The first-order valence-corrected chi connectivity index (χ1v) is 9.52. The Morgan fingerprint density at radius 2 is 1.85 bits per heavy atom. The van der Waals surface area contributed by atoms with Gasteiger partial charge in [-0.2, -0.15) is 0 Å². The van der Waals surface area contributed by atoms with E-state index >= 15 is 0 Å². The minimum Gasteiger partial charge on any atom is -0.468 e. The van der Waals surface area contributed by atoms with Crippen LogP contribution < -0.4 is 15.4 Å². The fourth-order valence-corrected chi connectivity index (χ4v) is 3.11. The highest BCUT2D eigenvalue weighted by molar-refractivity contribution is 7.89. The summed E-state index contributed by atoms with van der Waals surface area (Å²) in [5.41, 5.74) is 0.256. The van der Waals surface area contributed by atoms with Crippen molar-refractivity contribution in [1.29, 1.82) is 0 Å². The average Bonchev–Trinajstić information content (AvgIpc) is 3.14. The zero-order valence-corrected chi connectivity index (χ0v) is 15.3. The Morgan fingerprint density at radius 3 is 2.42 bits per heavy atom. The van der Waals surface area contributed by atoms with Crippen molar-refractivity contribution in [3.05, 3.63) is 54.0 Å². The van der Waals surface area contributed by atoms with E-state index in [0.717, 1.165) is 0 Å². The molecule has 0 aliphatic rings. The lowest BCUT2D eigenvalue weighted by molar-refractivity contribution is -0.122. The van der Waals surface area contributed by atoms with E-state index in [1.54, 1.807) is 26.0 Å². The van der Waals surface area contributed by atoms with E-state index in [0.29, 0.717) is 12.3 Å². The van der Waals surface area contributed by atoms with Gasteiger partial charge in [0.2, 0.25) is 15.9 Å². The second-order valence-electron chi connectivity index (χ2n) is 5.52. The number of carbonyl (C=O) groups is 2. The normalized spacial score (nSPS) is 12.4. The second kappa shape index (κ2) is 8.63. The molecular weight excluding hydrogens is 358 g/mol. The standard InChI is InChI=1S/C17H21N3O5S/c1-3-18-16(21)12(2)20-17(22)13-6-8-15(9-7-13)26(23,24)19-11-14-5-4-10-25-14/h4-10,12,19H,3,11H2,1-2H3,(H,18,21)(H,20,22)/t12-/m0/s1. The van der Waals surface area contributed by atoms with Crippen LogP contribution in [0.3, 0.4) is 0 Å². The van der Waals surface area contributed by atoms with Crippen molar-refractivity contribution in [2.75, 3.05) is 6.54 Å². The molecule has 1 atom stereocenters. The highest BCUT2D eigenvalue weighted by Crippen LogP contribution is 2.12. The number of hydrogen-bond donors (Lipinski definition) is 3. The zero-order valence-electron chi connectivity index (χ0n) is 14.5. The number of amides is 2. The van der Waals surface area contributed by atoms with Crippen molar-refractivity contribution in [2.24, 2.45) is 0 Å². The third-order valence-corrected chi connectivity index (χ3v) is 4.95. The molecule has 2 aromatic rings. The molecule has 0 spiro atoms. The first-order valence-electron chi connectivity index (χ1n) is 8.04. The molecule has 0 radical (unpaired) electrons. The summed E-state index contributed by atoms with van der Waals surface area (Å²) in [6, 6.07) is 8.07. The fraction of sp³-hybridized carbons (Fsp3) is 0.294. The Labute approximate surface area is 152 Å². The summed E-state index contributed by atoms with van der Waals surface area (Å²) < 4.78 is 32.0. The summed E-state index contributed by atoms with van der Waals surface area (Å²) in [5, 5.41) is 5.16. The van der Waals surface area contributed by atoms with Gasteiger partial charge in [-0.3, -0.25) is 9.59 Å². The Morgan fingerprint density at radius 1 is 1.15 bits per heavy atom. The largest absolute Gasteiger partial charge is 0.468 e. The fourth-order valence-electron chi connectivity index (χ4n) is 2.12. The van der Waals surface area contributed by atoms with Crippen LogP contribution in [0.25, 0.3) is 0 Å². The van der Waals surface area contributed by atoms with Gasteiger partial charge in [0.05, 0.1) is 17.7 Å². The maximum Gasteiger partial charge on any atom is 0.251 e. The minimum absolute atomic E-state index is 0.0254. The Kier molecular flexibility index (Phi) is 6.53. The van der Waals surface area contributed by atoms with Crippen LogP contribution in [0, 0.1) is 0 Å². The summed E-state index contributed by atoms with van der Waals surface area (Å²) in [6.45, 7) is 3.85. The number of carbonyl (C=O) groups excluding carboxylic acids is 2. The molecule has 0 bridgehead atoms. The first kappa shape index (κ1) is 19.7. The summed E-state index contributed by atoms with van der Waals surface area (Å²) in [7, 11) is -3.73. The van der Waals surface area contributed by atoms with E-state index in [4.69, 9.17) is 4.42 Å². The Bertz CT molecular complexity index is 845. The molecule has 0 unspecified atom stereocenters. The van der Waals surface area contributed by atoms with E-state index in [9.17, 15) is 18.0 Å². The molecular formula is C17H21N3O5S. The van der Waals surface area contributed by atoms with Crippen molar-refractivity contribution < 1.29 is 22.4 Å². The smallest absolute Gasteiger partial charge is 0.251 e. The summed E-state index contributed by atoms with van der Waals surface area (Å²) in [6.07, 6.45) is 1.46. The summed E-state index contributed by atoms with van der Waals surface area (Å²) >= 11 is 0. The highest BCUT2D eigenvalue weighted by atomic mass is 32.2. The molecule has 0 aliphatic carbocycles. The van der Waals surface area contributed by atoms with Crippen LogP contribution in [-0.2, 0) is 21.4 Å². The Balaban J connectivity index is 2.00. The number of nitrogens with one attached hydrogen (secondary N) is 3. The molecule has 3 N–H and O–H groups in total. The monoisotopic (exact) mass is 379 g/mol. The van der Waals surface area contributed by atoms with Gasteiger partial charge in [-0.1, -0.05) is 0 Å². The van der Waals surface area contributed by atoms with Gasteiger partial charge >= 0.3 is 0 Å². The molecule has 1 aromatic heterocycles. The van der Waals surface area contributed by atoms with Gasteiger partial charge in [-0.05, 0) is 50.2 Å². The van der Waals surface area contributed by atoms with Gasteiger partial charge in [-0.25, -0.2) is 13.1 Å². The molecule has 8 nitrogen and oxygen atoms in total. The lowest BCUT2D eigenvalue weighted by Gasteiger charge is -2.13. The quantitative estimate of drug-likeness (QED) is 0.633. The molecule has 2 rings (SSSR count). The lowest BCUT2D eigenvalue weighted by Crippen LogP contribution is -2.44. The van der Waals surface area contributed by atoms with Crippen molar-refractivity contribution in [3.8, 4) is 0 Å². The minimum atomic E-state index is -3.73. The lowest BCUT2D eigenvalue weighted by atomic mass is 10.2. The number of rotatable bonds is 8. The molecule has 0 fully saturated rings. The molecule has 9 heteroatoms. The van der Waals surface area contributed by atoms with Gasteiger partial charge in [-0.15, -0.1) is 0 Å². The van der Waals surface area contributed by atoms with Gasteiger partial charge < -0.3 is 15.1 Å². The molecule has 26 heavy (non-hydrogen) atoms. The third-order valence-electron chi connectivity index (χ3n) is 3.54. The number of furan rings is 1. The van der Waals surface area contributed by atoms with E-state index < -0.39 is 22.0 Å². The van der Waals surface area contributed by atoms with Crippen LogP contribution in [0.1, 0.15) is 30.0 Å². The summed E-state index contributed by atoms with van der Waals surface area (Å²) in [5.74, 6) is -0.262. The molecule has 1 aromatic carbocycles. The summed E-state index contributed by atoms with van der Waals surface area (Å²) in [4.78, 5) is 23.8. The van der Waals surface area contributed by atoms with Crippen molar-refractivity contribution >= 4 is 21.8 Å². The van der Waals surface area contributed by atoms with E-state index in [1.165, 1.54) is 30.5 Å². The Hall–Kier alpha value is -2.65. The number of benzene rings is 1. The predicted octanol–water partition coefficient (Wildman–Crippen LogP) is 1.01. The van der Waals surface area contributed by atoms with Crippen molar-refractivity contribution in [2.45, 2.75) is 31.3 Å². The van der Waals surface area contributed by atoms with Gasteiger partial charge in [0.1, 0.15) is 11.8 Å². The van der Waals surface area contributed by atoms with E-state index in [2.05, 4.69) is 15.4 Å². The third kappa shape index (κ3) is 5.17. The van der Waals surface area contributed by atoms with Gasteiger partial charge in [0.25, 0.3) is 5.91 Å². The van der Waals surface area contributed by atoms with Gasteiger partial charge in [0.15, 0.2) is 0 Å². The predicted molar refractivity (Wildman–Crippen MR) is 94.8 cm³/mol. The SMILES string of the molecule is CCNC(=O)[C@H](C)NC(=O)c1ccc(S(=O)(=O)NCc2ccco2)cc1. The molecule has 0 saturated carbocycles. The van der Waals surface area contributed by atoms with Crippen molar-refractivity contribution in [3.63, 3.8) is 0 Å². The molecule has 140 valence electrons. The molecule has 0 saturated heterocycles. The maximum absolute atomic E-state index is 12.2. The molecule has 2 amide bonds. The van der Waals surface area contributed by atoms with Crippen LogP contribution in [0.2, 0.25) is 0 Å². The number of hydrogen-bond acceptors (Lipinski definition) is 5. The number of sulfonamides is 1. The van der Waals surface area contributed by atoms with Gasteiger partial charge in [0, 0.05) is 12.1 Å². The maximum atomic E-state index is 12.2. The topological polar surface area (TPSA) is 118 Å². The van der Waals surface area contributed by atoms with Crippen molar-refractivity contribution in [1.82, 2.24) is 15.4 Å². The van der Waals surface area contributed by atoms with Crippen LogP contribution in [-0.4, -0.2) is 32.8 Å².